The number of rotatable bonds is 4. The molecule has 110 valence electrons. The molecule has 3 rings (SSSR count). The van der Waals surface area contributed by atoms with Crippen LogP contribution in [0.2, 0.25) is 0 Å². The number of carbonyl (C=O) groups is 1. The monoisotopic (exact) mass is 364 g/mol. The molecule has 1 amide bonds. The van der Waals surface area contributed by atoms with Crippen LogP contribution in [0.15, 0.2) is 46.3 Å². The van der Waals surface area contributed by atoms with Gasteiger partial charge in [0.05, 0.1) is 8.66 Å². The van der Waals surface area contributed by atoms with Crippen LogP contribution in [0, 0.1) is 0 Å². The first-order valence-electron chi connectivity index (χ1n) is 7.03. The van der Waals surface area contributed by atoms with Gasteiger partial charge >= 0.3 is 0 Å². The second kappa shape index (κ2) is 6.73. The molecule has 1 aliphatic rings. The van der Waals surface area contributed by atoms with Crippen LogP contribution in [0.3, 0.4) is 0 Å². The highest BCUT2D eigenvalue weighted by Gasteiger charge is 2.24. The van der Waals surface area contributed by atoms with Crippen LogP contribution >= 0.6 is 27.3 Å². The van der Waals surface area contributed by atoms with Gasteiger partial charge in [-0.3, -0.25) is 9.69 Å². The smallest absolute Gasteiger partial charge is 0.261 e. The van der Waals surface area contributed by atoms with E-state index < -0.39 is 0 Å². The van der Waals surface area contributed by atoms with Gasteiger partial charge in [0.1, 0.15) is 0 Å². The van der Waals surface area contributed by atoms with E-state index in [4.69, 9.17) is 0 Å². The second-order valence-electron chi connectivity index (χ2n) is 5.28. The lowest BCUT2D eigenvalue weighted by molar-refractivity contribution is 0.0942. The molecular weight excluding hydrogens is 348 g/mol. The van der Waals surface area contributed by atoms with Crippen molar-refractivity contribution in [1.29, 1.82) is 0 Å². The van der Waals surface area contributed by atoms with Crippen molar-refractivity contribution in [2.75, 3.05) is 13.1 Å². The predicted octanol–water partition coefficient (Wildman–Crippen LogP) is 3.51. The molecule has 1 aromatic heterocycles. The molecule has 0 radical (unpaired) electrons. The predicted molar refractivity (Wildman–Crippen MR) is 89.6 cm³/mol. The fourth-order valence-corrected chi connectivity index (χ4v) is 3.92. The SMILES string of the molecule is O=C(N[C@H]1CCN(Cc2ccccc2)C1)c1ccc(Br)s1. The van der Waals surface area contributed by atoms with Gasteiger partial charge in [0.15, 0.2) is 0 Å². The molecule has 1 aromatic carbocycles. The minimum absolute atomic E-state index is 0.0391. The van der Waals surface area contributed by atoms with Gasteiger partial charge in [-0.2, -0.15) is 0 Å². The van der Waals surface area contributed by atoms with Crippen LogP contribution < -0.4 is 5.32 Å². The normalized spacial score (nSPS) is 18.8. The highest BCUT2D eigenvalue weighted by molar-refractivity contribution is 9.11. The Morgan fingerprint density at radius 1 is 1.29 bits per heavy atom. The van der Waals surface area contributed by atoms with Crippen molar-refractivity contribution in [2.45, 2.75) is 19.0 Å². The summed E-state index contributed by atoms with van der Waals surface area (Å²) in [4.78, 5) is 15.3. The van der Waals surface area contributed by atoms with Gasteiger partial charge in [-0.15, -0.1) is 11.3 Å². The molecule has 0 unspecified atom stereocenters. The Kier molecular flexibility index (Phi) is 4.73. The summed E-state index contributed by atoms with van der Waals surface area (Å²) in [6, 6.07) is 14.5. The highest BCUT2D eigenvalue weighted by Crippen LogP contribution is 2.22. The molecule has 1 aliphatic heterocycles. The van der Waals surface area contributed by atoms with Gasteiger partial charge in [0.25, 0.3) is 5.91 Å². The maximum atomic E-state index is 12.1. The molecule has 2 aromatic rings. The van der Waals surface area contributed by atoms with Crippen molar-refractivity contribution in [3.63, 3.8) is 0 Å². The fraction of sp³-hybridized carbons (Fsp3) is 0.312. The van der Waals surface area contributed by atoms with Crippen LogP contribution in [-0.2, 0) is 6.54 Å². The zero-order chi connectivity index (χ0) is 14.7. The summed E-state index contributed by atoms with van der Waals surface area (Å²) in [6.45, 7) is 2.92. The lowest BCUT2D eigenvalue weighted by Crippen LogP contribution is -2.36. The zero-order valence-electron chi connectivity index (χ0n) is 11.6. The van der Waals surface area contributed by atoms with E-state index in [2.05, 4.69) is 50.4 Å². The third kappa shape index (κ3) is 3.93. The Hall–Kier alpha value is -1.17. The van der Waals surface area contributed by atoms with Gasteiger partial charge in [0.2, 0.25) is 0 Å². The molecule has 5 heteroatoms. The van der Waals surface area contributed by atoms with E-state index in [1.54, 1.807) is 0 Å². The third-order valence-corrected chi connectivity index (χ3v) is 5.28. The summed E-state index contributed by atoms with van der Waals surface area (Å²) < 4.78 is 0.991. The zero-order valence-corrected chi connectivity index (χ0v) is 14.0. The van der Waals surface area contributed by atoms with Crippen LogP contribution in [0.25, 0.3) is 0 Å². The molecule has 1 fully saturated rings. The molecule has 1 N–H and O–H groups in total. The van der Waals surface area contributed by atoms with Crippen LogP contribution in [0.5, 0.6) is 0 Å². The number of likely N-dealkylation sites (tertiary alicyclic amines) is 1. The standard InChI is InChI=1S/C16H17BrN2OS/c17-15-7-6-14(21-15)16(20)18-13-8-9-19(11-13)10-12-4-2-1-3-5-12/h1-7,13H,8-11H2,(H,18,20)/t13-/m0/s1. The number of halogens is 1. The molecule has 0 aliphatic carbocycles. The van der Waals surface area contributed by atoms with Crippen LogP contribution in [0.1, 0.15) is 21.7 Å². The number of benzene rings is 1. The number of amides is 1. The number of nitrogens with zero attached hydrogens (tertiary/aromatic N) is 1. The number of thiophene rings is 1. The molecular formula is C16H17BrN2OS. The Labute approximate surface area is 137 Å². The first kappa shape index (κ1) is 14.8. The maximum Gasteiger partial charge on any atom is 0.261 e. The quantitative estimate of drug-likeness (QED) is 0.899. The molecule has 21 heavy (non-hydrogen) atoms. The lowest BCUT2D eigenvalue weighted by Gasteiger charge is -2.16. The highest BCUT2D eigenvalue weighted by atomic mass is 79.9. The van der Waals surface area contributed by atoms with Crippen molar-refractivity contribution in [3.05, 3.63) is 56.7 Å². The van der Waals surface area contributed by atoms with Crippen molar-refractivity contribution in [2.24, 2.45) is 0 Å². The van der Waals surface area contributed by atoms with E-state index in [-0.39, 0.29) is 11.9 Å². The van der Waals surface area contributed by atoms with Crippen LogP contribution in [0.4, 0.5) is 0 Å². The van der Waals surface area contributed by atoms with Gasteiger partial charge in [-0.05, 0) is 40.0 Å². The van der Waals surface area contributed by atoms with Crippen molar-refractivity contribution < 1.29 is 4.79 Å². The Morgan fingerprint density at radius 2 is 2.10 bits per heavy atom. The van der Waals surface area contributed by atoms with Crippen molar-refractivity contribution in [3.8, 4) is 0 Å². The molecule has 0 bridgehead atoms. The average molecular weight is 365 g/mol. The lowest BCUT2D eigenvalue weighted by atomic mass is 10.2. The van der Waals surface area contributed by atoms with Crippen molar-refractivity contribution >= 4 is 33.2 Å². The van der Waals surface area contributed by atoms with E-state index in [1.807, 2.05) is 18.2 Å². The van der Waals surface area contributed by atoms with E-state index in [0.29, 0.717) is 0 Å². The first-order chi connectivity index (χ1) is 10.2. The Balaban J connectivity index is 1.52. The number of hydrogen-bond acceptors (Lipinski definition) is 3. The van der Waals surface area contributed by atoms with E-state index >= 15 is 0 Å². The fourth-order valence-electron chi connectivity index (χ4n) is 2.63. The number of hydrogen-bond donors (Lipinski definition) is 1. The summed E-state index contributed by atoms with van der Waals surface area (Å²) >= 11 is 4.86. The summed E-state index contributed by atoms with van der Waals surface area (Å²) in [6.07, 6.45) is 1.02. The molecule has 0 saturated carbocycles. The molecule has 1 saturated heterocycles. The Bertz CT molecular complexity index is 614. The summed E-state index contributed by atoms with van der Waals surface area (Å²) in [5.41, 5.74) is 1.33. The van der Waals surface area contributed by atoms with Crippen molar-refractivity contribution in [1.82, 2.24) is 10.2 Å². The summed E-state index contributed by atoms with van der Waals surface area (Å²) in [5.74, 6) is 0.0391. The minimum atomic E-state index is 0.0391. The van der Waals surface area contributed by atoms with E-state index in [9.17, 15) is 4.79 Å². The number of nitrogens with one attached hydrogen (secondary N) is 1. The van der Waals surface area contributed by atoms with E-state index in [1.165, 1.54) is 16.9 Å². The second-order valence-corrected chi connectivity index (χ2v) is 7.75. The van der Waals surface area contributed by atoms with Gasteiger partial charge in [-0.25, -0.2) is 0 Å². The topological polar surface area (TPSA) is 32.3 Å². The van der Waals surface area contributed by atoms with E-state index in [0.717, 1.165) is 34.7 Å². The minimum Gasteiger partial charge on any atom is -0.347 e. The molecule has 0 spiro atoms. The third-order valence-electron chi connectivity index (χ3n) is 3.65. The number of carbonyl (C=O) groups excluding carboxylic acids is 1. The average Bonchev–Trinajstić information content (AvgIpc) is 3.09. The largest absolute Gasteiger partial charge is 0.347 e. The van der Waals surface area contributed by atoms with Crippen LogP contribution in [-0.4, -0.2) is 29.9 Å². The van der Waals surface area contributed by atoms with Gasteiger partial charge in [0, 0.05) is 25.7 Å². The van der Waals surface area contributed by atoms with Gasteiger partial charge in [-0.1, -0.05) is 30.3 Å². The molecule has 3 nitrogen and oxygen atoms in total. The maximum absolute atomic E-state index is 12.1. The first-order valence-corrected chi connectivity index (χ1v) is 8.64. The summed E-state index contributed by atoms with van der Waals surface area (Å²) in [5, 5.41) is 3.13. The Morgan fingerprint density at radius 3 is 2.81 bits per heavy atom. The molecule has 1 atom stereocenters. The molecule has 2 heterocycles. The summed E-state index contributed by atoms with van der Waals surface area (Å²) in [7, 11) is 0. The van der Waals surface area contributed by atoms with Gasteiger partial charge < -0.3 is 5.32 Å².